The molecule has 2 heterocycles. The maximum atomic E-state index is 12.9. The van der Waals surface area contributed by atoms with Gasteiger partial charge in [-0.05, 0) is 24.2 Å². The zero-order valence-corrected chi connectivity index (χ0v) is 12.7. The minimum atomic E-state index is -0.548. The third-order valence-electron chi connectivity index (χ3n) is 4.25. The van der Waals surface area contributed by atoms with Crippen molar-refractivity contribution in [2.75, 3.05) is 32.7 Å². The summed E-state index contributed by atoms with van der Waals surface area (Å²) in [5, 5.41) is 4.00. The molecule has 2 aliphatic heterocycles. The highest BCUT2D eigenvalue weighted by atomic mass is 19.1. The van der Waals surface area contributed by atoms with E-state index >= 15 is 0 Å². The summed E-state index contributed by atoms with van der Waals surface area (Å²) >= 11 is 0. The van der Waals surface area contributed by atoms with Crippen LogP contribution in [0.4, 0.5) is 4.39 Å². The van der Waals surface area contributed by atoms with Crippen LogP contribution in [-0.2, 0) is 9.63 Å². The molecule has 6 heteroatoms. The first-order valence-electron chi connectivity index (χ1n) is 7.67. The highest BCUT2D eigenvalue weighted by Gasteiger charge is 2.33. The molecule has 1 fully saturated rings. The van der Waals surface area contributed by atoms with Gasteiger partial charge in [-0.15, -0.1) is 0 Å². The topological polar surface area (TPSA) is 45.1 Å². The minimum absolute atomic E-state index is 0.00313. The number of likely N-dealkylation sites (N-methyl/N-ethyl adjacent to an activating group) is 1. The van der Waals surface area contributed by atoms with Crippen LogP contribution in [0.5, 0.6) is 0 Å². The number of hydrogen-bond donors (Lipinski definition) is 0. The van der Waals surface area contributed by atoms with E-state index in [1.165, 1.54) is 12.1 Å². The van der Waals surface area contributed by atoms with E-state index in [1.807, 2.05) is 4.90 Å². The fraction of sp³-hybridized carbons (Fsp3) is 0.500. The second-order valence-electron chi connectivity index (χ2n) is 5.60. The molecule has 1 atom stereocenters. The van der Waals surface area contributed by atoms with Crippen LogP contribution in [0.3, 0.4) is 0 Å². The molecule has 1 aromatic rings. The largest absolute Gasteiger partial charge is 0.382 e. The van der Waals surface area contributed by atoms with Crippen molar-refractivity contribution >= 4 is 11.6 Å². The first-order chi connectivity index (χ1) is 10.7. The molecule has 22 heavy (non-hydrogen) atoms. The molecule has 0 saturated carbocycles. The van der Waals surface area contributed by atoms with Gasteiger partial charge in [0.2, 0.25) is 6.10 Å². The third-order valence-corrected chi connectivity index (χ3v) is 4.25. The summed E-state index contributed by atoms with van der Waals surface area (Å²) in [6.07, 6.45) is -0.105. The van der Waals surface area contributed by atoms with Crippen molar-refractivity contribution in [2.24, 2.45) is 5.16 Å². The Hall–Kier alpha value is -1.95. The van der Waals surface area contributed by atoms with Crippen LogP contribution in [0.25, 0.3) is 0 Å². The SMILES string of the molecule is CCN1CCN(C(=O)[C@H]2CC(c3ccc(F)cc3)=NO2)CC1. The van der Waals surface area contributed by atoms with Crippen molar-refractivity contribution in [1.82, 2.24) is 9.80 Å². The summed E-state index contributed by atoms with van der Waals surface area (Å²) in [5.41, 5.74) is 1.50. The van der Waals surface area contributed by atoms with Crippen molar-refractivity contribution in [3.05, 3.63) is 35.6 Å². The van der Waals surface area contributed by atoms with Crippen molar-refractivity contribution in [3.8, 4) is 0 Å². The third kappa shape index (κ3) is 3.11. The van der Waals surface area contributed by atoms with E-state index in [4.69, 9.17) is 4.84 Å². The number of nitrogens with zero attached hydrogens (tertiary/aromatic N) is 3. The number of amides is 1. The molecule has 0 unspecified atom stereocenters. The van der Waals surface area contributed by atoms with Crippen LogP contribution >= 0.6 is 0 Å². The summed E-state index contributed by atoms with van der Waals surface area (Å²) in [6, 6.07) is 6.09. The Kier molecular flexibility index (Phi) is 4.38. The van der Waals surface area contributed by atoms with E-state index in [0.717, 1.165) is 38.3 Å². The fourth-order valence-corrected chi connectivity index (χ4v) is 2.81. The first kappa shape index (κ1) is 15.0. The number of oxime groups is 1. The van der Waals surface area contributed by atoms with Crippen LogP contribution in [0, 0.1) is 5.82 Å². The predicted octanol–water partition coefficient (Wildman–Crippen LogP) is 1.48. The summed E-state index contributed by atoms with van der Waals surface area (Å²) in [5.74, 6) is -0.290. The minimum Gasteiger partial charge on any atom is -0.382 e. The van der Waals surface area contributed by atoms with Gasteiger partial charge in [0.15, 0.2) is 0 Å². The van der Waals surface area contributed by atoms with Gasteiger partial charge in [0.25, 0.3) is 5.91 Å². The zero-order chi connectivity index (χ0) is 15.5. The lowest BCUT2D eigenvalue weighted by atomic mass is 10.0. The maximum Gasteiger partial charge on any atom is 0.266 e. The number of carbonyl (C=O) groups is 1. The van der Waals surface area contributed by atoms with E-state index < -0.39 is 6.10 Å². The van der Waals surface area contributed by atoms with Gasteiger partial charge >= 0.3 is 0 Å². The van der Waals surface area contributed by atoms with Gasteiger partial charge in [-0.1, -0.05) is 24.2 Å². The molecule has 0 aliphatic carbocycles. The molecule has 1 saturated heterocycles. The molecule has 3 rings (SSSR count). The predicted molar refractivity (Wildman–Crippen MR) is 81.1 cm³/mol. The van der Waals surface area contributed by atoms with Gasteiger partial charge < -0.3 is 14.6 Å². The van der Waals surface area contributed by atoms with Crippen molar-refractivity contribution < 1.29 is 14.0 Å². The monoisotopic (exact) mass is 305 g/mol. The quantitative estimate of drug-likeness (QED) is 0.850. The Labute approximate surface area is 129 Å². The van der Waals surface area contributed by atoms with Crippen LogP contribution < -0.4 is 0 Å². The van der Waals surface area contributed by atoms with Gasteiger partial charge in [0.05, 0.1) is 5.71 Å². The second-order valence-corrected chi connectivity index (χ2v) is 5.60. The van der Waals surface area contributed by atoms with Gasteiger partial charge in [-0.25, -0.2) is 4.39 Å². The van der Waals surface area contributed by atoms with Crippen molar-refractivity contribution in [3.63, 3.8) is 0 Å². The van der Waals surface area contributed by atoms with Crippen LogP contribution in [0.15, 0.2) is 29.4 Å². The van der Waals surface area contributed by atoms with E-state index in [1.54, 1.807) is 12.1 Å². The normalized spacial score (nSPS) is 22.4. The van der Waals surface area contributed by atoms with Gasteiger partial charge in [-0.2, -0.15) is 0 Å². The number of piperazine rings is 1. The standard InChI is InChI=1S/C16H20FN3O2/c1-2-19-7-9-20(10-8-19)16(21)15-11-14(18-22-15)12-3-5-13(17)6-4-12/h3-6,15H,2,7-11H2,1H3/t15-/m1/s1. The molecule has 1 aromatic carbocycles. The molecular weight excluding hydrogens is 285 g/mol. The Morgan fingerprint density at radius 3 is 2.59 bits per heavy atom. The number of halogens is 1. The number of hydrogen-bond acceptors (Lipinski definition) is 4. The number of benzene rings is 1. The van der Waals surface area contributed by atoms with E-state index in [2.05, 4.69) is 17.0 Å². The summed E-state index contributed by atoms with van der Waals surface area (Å²) < 4.78 is 12.9. The molecule has 118 valence electrons. The molecule has 2 aliphatic rings. The second kappa shape index (κ2) is 6.44. The fourth-order valence-electron chi connectivity index (χ4n) is 2.81. The zero-order valence-electron chi connectivity index (χ0n) is 12.7. The highest BCUT2D eigenvalue weighted by molar-refractivity contribution is 6.04. The van der Waals surface area contributed by atoms with E-state index in [-0.39, 0.29) is 11.7 Å². The highest BCUT2D eigenvalue weighted by Crippen LogP contribution is 2.19. The maximum absolute atomic E-state index is 12.9. The van der Waals surface area contributed by atoms with Crippen molar-refractivity contribution in [2.45, 2.75) is 19.4 Å². The van der Waals surface area contributed by atoms with E-state index in [9.17, 15) is 9.18 Å². The molecule has 0 spiro atoms. The van der Waals surface area contributed by atoms with Gasteiger partial charge in [-0.3, -0.25) is 4.79 Å². The molecule has 0 bridgehead atoms. The molecule has 5 nitrogen and oxygen atoms in total. The van der Waals surface area contributed by atoms with Crippen LogP contribution in [-0.4, -0.2) is 60.2 Å². The number of carbonyl (C=O) groups excluding carboxylic acids is 1. The smallest absolute Gasteiger partial charge is 0.266 e. The molecule has 0 N–H and O–H groups in total. The molecule has 0 aromatic heterocycles. The molecule has 1 amide bonds. The Bertz CT molecular complexity index is 565. The lowest BCUT2D eigenvalue weighted by Gasteiger charge is -2.34. The average molecular weight is 305 g/mol. The van der Waals surface area contributed by atoms with E-state index in [0.29, 0.717) is 12.1 Å². The molecule has 0 radical (unpaired) electrons. The lowest BCUT2D eigenvalue weighted by molar-refractivity contribution is -0.143. The van der Waals surface area contributed by atoms with Crippen molar-refractivity contribution in [1.29, 1.82) is 0 Å². The van der Waals surface area contributed by atoms with Gasteiger partial charge in [0.1, 0.15) is 5.82 Å². The summed E-state index contributed by atoms with van der Waals surface area (Å²) in [6.45, 7) is 6.41. The Morgan fingerprint density at radius 1 is 1.27 bits per heavy atom. The summed E-state index contributed by atoms with van der Waals surface area (Å²) in [4.78, 5) is 21.9. The molecular formula is C16H20FN3O2. The number of rotatable bonds is 3. The lowest BCUT2D eigenvalue weighted by Crippen LogP contribution is -2.51. The van der Waals surface area contributed by atoms with Crippen LogP contribution in [0.1, 0.15) is 18.9 Å². The van der Waals surface area contributed by atoms with Gasteiger partial charge in [0, 0.05) is 32.6 Å². The summed E-state index contributed by atoms with van der Waals surface area (Å²) in [7, 11) is 0. The Morgan fingerprint density at radius 2 is 1.95 bits per heavy atom. The average Bonchev–Trinajstić information content (AvgIpc) is 3.05. The Balaban J connectivity index is 1.57. The van der Waals surface area contributed by atoms with Crippen LogP contribution in [0.2, 0.25) is 0 Å². The first-order valence-corrected chi connectivity index (χ1v) is 7.67.